The van der Waals surface area contributed by atoms with Crippen LogP contribution in [-0.2, 0) is 0 Å². The van der Waals surface area contributed by atoms with Gasteiger partial charge in [-0.3, -0.25) is 4.98 Å². The number of nitrogens with zero attached hydrogens (tertiary/aromatic N) is 1. The Bertz CT molecular complexity index is 584. The Morgan fingerprint density at radius 2 is 2.00 bits per heavy atom. The molecule has 1 atom stereocenters. The van der Waals surface area contributed by atoms with Gasteiger partial charge in [0.05, 0.1) is 6.04 Å². The Kier molecular flexibility index (Phi) is 5.41. The highest BCUT2D eigenvalue weighted by molar-refractivity contribution is 6.35. The molecule has 2 aromatic rings. The predicted molar refractivity (Wildman–Crippen MR) is 85.6 cm³/mol. The molecule has 2 nitrogen and oxygen atoms in total. The molecule has 106 valence electrons. The maximum Gasteiger partial charge on any atom is 0.0606 e. The molecule has 0 saturated carbocycles. The molecule has 0 radical (unpaired) electrons. The van der Waals surface area contributed by atoms with E-state index in [4.69, 9.17) is 23.2 Å². The van der Waals surface area contributed by atoms with E-state index in [1.807, 2.05) is 31.5 Å². The fourth-order valence-corrected chi connectivity index (χ4v) is 2.69. The molecule has 0 saturated heterocycles. The van der Waals surface area contributed by atoms with Gasteiger partial charge in [0.25, 0.3) is 0 Å². The van der Waals surface area contributed by atoms with Crippen LogP contribution in [-0.4, -0.2) is 11.5 Å². The normalized spacial score (nSPS) is 12.4. The lowest BCUT2D eigenvalue weighted by Gasteiger charge is -2.21. The molecule has 0 aliphatic carbocycles. The third kappa shape index (κ3) is 3.72. The van der Waals surface area contributed by atoms with Gasteiger partial charge in [-0.15, -0.1) is 0 Å². The average Bonchev–Trinajstić information content (AvgIpc) is 2.41. The molecule has 4 heteroatoms. The van der Waals surface area contributed by atoms with Gasteiger partial charge in [0.1, 0.15) is 0 Å². The minimum Gasteiger partial charge on any atom is -0.306 e. The zero-order valence-corrected chi connectivity index (χ0v) is 13.2. The lowest BCUT2D eigenvalue weighted by molar-refractivity contribution is 0.597. The van der Waals surface area contributed by atoms with Crippen LogP contribution in [0.1, 0.15) is 36.1 Å². The largest absolute Gasteiger partial charge is 0.306 e. The van der Waals surface area contributed by atoms with Crippen LogP contribution >= 0.6 is 23.2 Å². The predicted octanol–water partition coefficient (Wildman–Crippen LogP) is 4.79. The Hall–Kier alpha value is -1.09. The number of aryl methyl sites for hydroxylation is 1. The highest BCUT2D eigenvalue weighted by Gasteiger charge is 2.17. The second kappa shape index (κ2) is 7.07. The Morgan fingerprint density at radius 3 is 2.65 bits per heavy atom. The second-order valence-corrected chi connectivity index (χ2v) is 5.69. The molecule has 2 rings (SSSR count). The smallest absolute Gasteiger partial charge is 0.0606 e. The molecule has 1 aromatic carbocycles. The number of benzene rings is 1. The van der Waals surface area contributed by atoms with Crippen LogP contribution in [0.5, 0.6) is 0 Å². The molecule has 20 heavy (non-hydrogen) atoms. The van der Waals surface area contributed by atoms with E-state index in [-0.39, 0.29) is 6.04 Å². The van der Waals surface area contributed by atoms with Gasteiger partial charge in [-0.25, -0.2) is 0 Å². The topological polar surface area (TPSA) is 24.9 Å². The van der Waals surface area contributed by atoms with Crippen LogP contribution in [0, 0.1) is 6.92 Å². The Labute approximate surface area is 130 Å². The van der Waals surface area contributed by atoms with Gasteiger partial charge < -0.3 is 5.32 Å². The maximum absolute atomic E-state index is 6.35. The fourth-order valence-electron chi connectivity index (χ4n) is 2.17. The molecule has 1 unspecified atom stereocenters. The summed E-state index contributed by atoms with van der Waals surface area (Å²) in [5, 5.41) is 4.84. The maximum atomic E-state index is 6.35. The van der Waals surface area contributed by atoms with Crippen molar-refractivity contribution in [2.45, 2.75) is 26.3 Å². The highest BCUT2D eigenvalue weighted by atomic mass is 35.5. The second-order valence-electron chi connectivity index (χ2n) is 4.85. The average molecular weight is 309 g/mol. The monoisotopic (exact) mass is 308 g/mol. The number of rotatable bonds is 5. The summed E-state index contributed by atoms with van der Waals surface area (Å²) in [6, 6.07) is 7.78. The molecule has 1 heterocycles. The number of hydrogen-bond acceptors (Lipinski definition) is 2. The fraction of sp³-hybridized carbons (Fsp3) is 0.312. The molecule has 0 aliphatic rings. The van der Waals surface area contributed by atoms with E-state index in [2.05, 4.69) is 23.3 Å². The first-order chi connectivity index (χ1) is 9.61. The van der Waals surface area contributed by atoms with Crippen LogP contribution in [0.3, 0.4) is 0 Å². The standard InChI is InChI=1S/C16H18Cl2N2/c1-3-6-20-16(12-7-11(2)9-19-10-12)14-5-4-13(17)8-15(14)18/h4-5,7-10,16,20H,3,6H2,1-2H3. The first-order valence-corrected chi connectivity index (χ1v) is 7.47. The van der Waals surface area contributed by atoms with Crippen molar-refractivity contribution in [3.8, 4) is 0 Å². The summed E-state index contributed by atoms with van der Waals surface area (Å²) in [6.07, 6.45) is 4.79. The third-order valence-corrected chi connectivity index (χ3v) is 3.66. The summed E-state index contributed by atoms with van der Waals surface area (Å²) in [4.78, 5) is 4.28. The van der Waals surface area contributed by atoms with Gasteiger partial charge in [0, 0.05) is 22.4 Å². The molecule has 0 fully saturated rings. The van der Waals surface area contributed by atoms with Crippen LogP contribution in [0.2, 0.25) is 10.0 Å². The van der Waals surface area contributed by atoms with Crippen molar-refractivity contribution in [2.75, 3.05) is 6.54 Å². The van der Waals surface area contributed by atoms with Crippen molar-refractivity contribution in [3.63, 3.8) is 0 Å². The van der Waals surface area contributed by atoms with Crippen molar-refractivity contribution < 1.29 is 0 Å². The summed E-state index contributed by atoms with van der Waals surface area (Å²) >= 11 is 12.3. The van der Waals surface area contributed by atoms with Gasteiger partial charge in [-0.1, -0.05) is 42.3 Å². The Balaban J connectivity index is 2.41. The zero-order chi connectivity index (χ0) is 14.5. The molecule has 0 amide bonds. The van der Waals surface area contributed by atoms with Gasteiger partial charge >= 0.3 is 0 Å². The van der Waals surface area contributed by atoms with E-state index in [1.54, 1.807) is 6.07 Å². The molecule has 0 spiro atoms. The molecule has 1 aromatic heterocycles. The van der Waals surface area contributed by atoms with Crippen molar-refractivity contribution in [1.29, 1.82) is 0 Å². The van der Waals surface area contributed by atoms with E-state index in [9.17, 15) is 0 Å². The lowest BCUT2D eigenvalue weighted by Crippen LogP contribution is -2.23. The lowest BCUT2D eigenvalue weighted by atomic mass is 9.99. The number of aromatic nitrogens is 1. The summed E-state index contributed by atoms with van der Waals surface area (Å²) in [7, 11) is 0. The minimum atomic E-state index is 0.0344. The van der Waals surface area contributed by atoms with Crippen LogP contribution in [0.15, 0.2) is 36.7 Å². The van der Waals surface area contributed by atoms with Crippen molar-refractivity contribution in [3.05, 3.63) is 63.4 Å². The zero-order valence-electron chi connectivity index (χ0n) is 11.7. The number of hydrogen-bond donors (Lipinski definition) is 1. The van der Waals surface area contributed by atoms with E-state index >= 15 is 0 Å². The molecule has 1 N–H and O–H groups in total. The van der Waals surface area contributed by atoms with Crippen molar-refractivity contribution in [2.24, 2.45) is 0 Å². The SMILES string of the molecule is CCCNC(c1cncc(C)c1)c1ccc(Cl)cc1Cl. The third-order valence-electron chi connectivity index (χ3n) is 3.10. The minimum absolute atomic E-state index is 0.0344. The van der Waals surface area contributed by atoms with Gasteiger partial charge in [-0.2, -0.15) is 0 Å². The summed E-state index contributed by atoms with van der Waals surface area (Å²) in [5.41, 5.74) is 3.27. The Morgan fingerprint density at radius 1 is 1.20 bits per heavy atom. The van der Waals surface area contributed by atoms with Crippen LogP contribution in [0.4, 0.5) is 0 Å². The quantitative estimate of drug-likeness (QED) is 0.859. The molecular formula is C16H18Cl2N2. The van der Waals surface area contributed by atoms with E-state index in [1.165, 1.54) is 0 Å². The van der Waals surface area contributed by atoms with Crippen LogP contribution < -0.4 is 5.32 Å². The number of halogens is 2. The number of pyridine rings is 1. The first-order valence-electron chi connectivity index (χ1n) is 6.71. The van der Waals surface area contributed by atoms with Gasteiger partial charge in [0.2, 0.25) is 0 Å². The van der Waals surface area contributed by atoms with E-state index in [0.717, 1.165) is 29.7 Å². The summed E-state index contributed by atoms with van der Waals surface area (Å²) in [6.45, 7) is 5.09. The number of nitrogens with one attached hydrogen (secondary N) is 1. The highest BCUT2D eigenvalue weighted by Crippen LogP contribution is 2.30. The van der Waals surface area contributed by atoms with E-state index in [0.29, 0.717) is 10.0 Å². The van der Waals surface area contributed by atoms with Crippen molar-refractivity contribution in [1.82, 2.24) is 10.3 Å². The molecule has 0 bridgehead atoms. The molecule has 0 aliphatic heterocycles. The summed E-state index contributed by atoms with van der Waals surface area (Å²) < 4.78 is 0. The van der Waals surface area contributed by atoms with E-state index < -0.39 is 0 Å². The van der Waals surface area contributed by atoms with Gasteiger partial charge in [-0.05, 0) is 48.7 Å². The molecular weight excluding hydrogens is 291 g/mol. The van der Waals surface area contributed by atoms with Gasteiger partial charge in [0.15, 0.2) is 0 Å². The van der Waals surface area contributed by atoms with Crippen LogP contribution in [0.25, 0.3) is 0 Å². The summed E-state index contributed by atoms with van der Waals surface area (Å²) in [5.74, 6) is 0. The first kappa shape index (κ1) is 15.3. The van der Waals surface area contributed by atoms with Crippen molar-refractivity contribution >= 4 is 23.2 Å².